The maximum absolute atomic E-state index is 10.9. The number of aromatic nitrogens is 1. The molecule has 1 atom stereocenters. The molecule has 4 rings (SSSR count). The third kappa shape index (κ3) is 5.70. The van der Waals surface area contributed by atoms with E-state index in [1.54, 1.807) is 13.3 Å². The van der Waals surface area contributed by atoms with Crippen LogP contribution in [0.25, 0.3) is 17.0 Å². The fourth-order valence-electron chi connectivity index (χ4n) is 4.21. The number of aliphatic hydroxyl groups excluding tert-OH is 1. The lowest BCUT2D eigenvalue weighted by atomic mass is 10.0. The largest absolute Gasteiger partial charge is 0.495 e. The van der Waals surface area contributed by atoms with Gasteiger partial charge in [-0.25, -0.2) is 0 Å². The van der Waals surface area contributed by atoms with Crippen molar-refractivity contribution in [2.24, 2.45) is 0 Å². The maximum atomic E-state index is 10.9. The molecule has 1 unspecified atom stereocenters. The fourth-order valence-corrected chi connectivity index (χ4v) is 4.21. The third-order valence-electron chi connectivity index (χ3n) is 5.98. The van der Waals surface area contributed by atoms with E-state index < -0.39 is 6.10 Å². The Kier molecular flexibility index (Phi) is 7.30. The first-order valence-corrected chi connectivity index (χ1v) is 11.0. The highest BCUT2D eigenvalue weighted by atomic mass is 16.5. The molecule has 1 aliphatic heterocycles. The van der Waals surface area contributed by atoms with Gasteiger partial charge in [-0.1, -0.05) is 54.6 Å². The number of fused-ring (bicyclic) bond motifs is 1. The predicted molar refractivity (Wildman–Crippen MR) is 126 cm³/mol. The van der Waals surface area contributed by atoms with Crippen LogP contribution in [0.15, 0.2) is 66.9 Å². The Labute approximate surface area is 184 Å². The molecule has 31 heavy (non-hydrogen) atoms. The number of rotatable bonds is 8. The van der Waals surface area contributed by atoms with Gasteiger partial charge in [-0.2, -0.15) is 0 Å². The summed E-state index contributed by atoms with van der Waals surface area (Å²) in [7, 11) is 1.64. The van der Waals surface area contributed by atoms with Crippen LogP contribution in [0.1, 0.15) is 30.1 Å². The van der Waals surface area contributed by atoms with Crippen molar-refractivity contribution in [1.82, 2.24) is 15.2 Å². The summed E-state index contributed by atoms with van der Waals surface area (Å²) in [6, 6.07) is 18.8. The van der Waals surface area contributed by atoms with Crippen LogP contribution in [0.2, 0.25) is 0 Å². The van der Waals surface area contributed by atoms with Gasteiger partial charge in [0.2, 0.25) is 0 Å². The predicted octanol–water partition coefficient (Wildman–Crippen LogP) is 4.04. The van der Waals surface area contributed by atoms with E-state index in [-0.39, 0.29) is 0 Å². The fraction of sp³-hybridized carbons (Fsp3) is 0.346. The van der Waals surface area contributed by atoms with Crippen molar-refractivity contribution in [3.8, 4) is 5.75 Å². The second-order valence-electron chi connectivity index (χ2n) is 8.10. The van der Waals surface area contributed by atoms with Crippen LogP contribution < -0.4 is 10.1 Å². The molecule has 2 heterocycles. The molecule has 0 aliphatic carbocycles. The van der Waals surface area contributed by atoms with Gasteiger partial charge in [-0.15, -0.1) is 0 Å². The number of aliphatic hydroxyl groups is 1. The van der Waals surface area contributed by atoms with E-state index in [2.05, 4.69) is 51.6 Å². The lowest BCUT2D eigenvalue weighted by molar-refractivity contribution is 0.0955. The van der Waals surface area contributed by atoms with E-state index in [0.29, 0.717) is 18.3 Å². The first-order chi connectivity index (χ1) is 15.2. The molecule has 1 aromatic heterocycles. The van der Waals surface area contributed by atoms with Crippen LogP contribution in [0.4, 0.5) is 0 Å². The van der Waals surface area contributed by atoms with E-state index in [9.17, 15) is 5.11 Å². The van der Waals surface area contributed by atoms with Crippen LogP contribution in [0.5, 0.6) is 5.75 Å². The minimum atomic E-state index is -0.545. The van der Waals surface area contributed by atoms with Crippen LogP contribution in [-0.4, -0.2) is 54.3 Å². The Morgan fingerprint density at radius 3 is 2.74 bits per heavy atom. The average molecular weight is 418 g/mol. The number of ether oxygens (including phenoxy) is 1. The summed E-state index contributed by atoms with van der Waals surface area (Å²) in [6.45, 7) is 3.50. The molecule has 1 aliphatic rings. The Morgan fingerprint density at radius 1 is 1.16 bits per heavy atom. The number of pyridine rings is 1. The number of hydrogen-bond acceptors (Lipinski definition) is 5. The summed E-state index contributed by atoms with van der Waals surface area (Å²) < 4.78 is 5.32. The normalized spacial score (nSPS) is 16.7. The van der Waals surface area contributed by atoms with Gasteiger partial charge < -0.3 is 20.1 Å². The summed E-state index contributed by atoms with van der Waals surface area (Å²) >= 11 is 0. The number of likely N-dealkylation sites (tertiary alicyclic amines) is 1. The van der Waals surface area contributed by atoms with Crippen LogP contribution in [0.3, 0.4) is 0 Å². The lowest BCUT2D eigenvalue weighted by Gasteiger charge is -2.33. The zero-order valence-corrected chi connectivity index (χ0v) is 18.1. The Morgan fingerprint density at radius 2 is 1.97 bits per heavy atom. The number of hydrogen-bond donors (Lipinski definition) is 2. The molecule has 5 heteroatoms. The highest BCUT2D eigenvalue weighted by Crippen LogP contribution is 2.27. The Balaban J connectivity index is 1.27. The van der Waals surface area contributed by atoms with Crippen molar-refractivity contribution in [2.45, 2.75) is 25.0 Å². The maximum Gasteiger partial charge on any atom is 0.137 e. The quantitative estimate of drug-likeness (QED) is 0.579. The van der Waals surface area contributed by atoms with Crippen molar-refractivity contribution in [3.05, 3.63) is 78.0 Å². The molecular weight excluding hydrogens is 386 g/mol. The third-order valence-corrected chi connectivity index (χ3v) is 5.98. The number of nitrogens with one attached hydrogen (secondary N) is 1. The highest BCUT2D eigenvalue weighted by molar-refractivity contribution is 5.83. The molecule has 0 saturated carbocycles. The summed E-state index contributed by atoms with van der Waals surface area (Å²) in [4.78, 5) is 6.80. The topological polar surface area (TPSA) is 57.6 Å². The highest BCUT2D eigenvalue weighted by Gasteiger charge is 2.22. The van der Waals surface area contributed by atoms with E-state index in [1.165, 1.54) is 5.56 Å². The summed E-state index contributed by atoms with van der Waals surface area (Å²) in [6.07, 6.45) is 7.70. The standard InChI is InChI=1S/C26H31N3O2/c1-31-22-17-24-23(10-5-11-25(24)28-18-22)26(30)19-29-15-12-21(13-16-29)27-14-6-9-20-7-3-2-4-8-20/h2-11,17-18,21,26-27,30H,12-16,19H2,1H3/b9-6+. The van der Waals surface area contributed by atoms with Gasteiger partial charge in [0.05, 0.1) is 24.9 Å². The first kappa shape index (κ1) is 21.5. The van der Waals surface area contributed by atoms with Crippen molar-refractivity contribution >= 4 is 17.0 Å². The number of β-amino-alcohol motifs (C(OH)–C–C–N with tert-alkyl or cyclic N) is 1. The minimum absolute atomic E-state index is 0.528. The summed E-state index contributed by atoms with van der Waals surface area (Å²) in [5.41, 5.74) is 3.02. The molecule has 1 saturated heterocycles. The number of methoxy groups -OCH3 is 1. The Bertz CT molecular complexity index is 998. The van der Waals surface area contributed by atoms with Gasteiger partial charge in [0.1, 0.15) is 5.75 Å². The second-order valence-corrected chi connectivity index (χ2v) is 8.10. The van der Waals surface area contributed by atoms with Crippen molar-refractivity contribution < 1.29 is 9.84 Å². The van der Waals surface area contributed by atoms with Gasteiger partial charge in [0, 0.05) is 24.5 Å². The van der Waals surface area contributed by atoms with Gasteiger partial charge >= 0.3 is 0 Å². The SMILES string of the molecule is COc1cnc2cccc(C(O)CN3CCC(NC/C=C/c4ccccc4)CC3)c2c1. The summed E-state index contributed by atoms with van der Waals surface area (Å²) in [5.74, 6) is 0.709. The molecule has 1 fully saturated rings. The number of piperidine rings is 1. The molecule has 0 spiro atoms. The zero-order valence-electron chi connectivity index (χ0n) is 18.1. The van der Waals surface area contributed by atoms with Crippen LogP contribution >= 0.6 is 0 Å². The monoisotopic (exact) mass is 417 g/mol. The van der Waals surface area contributed by atoms with E-state index in [4.69, 9.17) is 4.74 Å². The molecule has 2 aromatic carbocycles. The van der Waals surface area contributed by atoms with E-state index in [1.807, 2.05) is 30.3 Å². The molecule has 162 valence electrons. The smallest absolute Gasteiger partial charge is 0.137 e. The molecule has 0 bridgehead atoms. The van der Waals surface area contributed by atoms with Crippen molar-refractivity contribution in [2.75, 3.05) is 33.3 Å². The molecule has 0 amide bonds. The number of benzene rings is 2. The first-order valence-electron chi connectivity index (χ1n) is 11.0. The molecular formula is C26H31N3O2. The average Bonchev–Trinajstić information content (AvgIpc) is 2.82. The zero-order chi connectivity index (χ0) is 21.5. The molecule has 0 radical (unpaired) electrons. The molecule has 2 N–H and O–H groups in total. The summed E-state index contributed by atoms with van der Waals surface area (Å²) in [5, 5.41) is 15.5. The van der Waals surface area contributed by atoms with Gasteiger partial charge in [-0.05, 0) is 49.2 Å². The minimum Gasteiger partial charge on any atom is -0.495 e. The van der Waals surface area contributed by atoms with Gasteiger partial charge in [0.15, 0.2) is 0 Å². The second kappa shape index (κ2) is 10.5. The van der Waals surface area contributed by atoms with Crippen molar-refractivity contribution in [1.29, 1.82) is 0 Å². The lowest BCUT2D eigenvalue weighted by Crippen LogP contribution is -2.43. The van der Waals surface area contributed by atoms with E-state index >= 15 is 0 Å². The van der Waals surface area contributed by atoms with Crippen molar-refractivity contribution in [3.63, 3.8) is 0 Å². The van der Waals surface area contributed by atoms with Gasteiger partial charge in [0.25, 0.3) is 0 Å². The van der Waals surface area contributed by atoms with E-state index in [0.717, 1.165) is 48.9 Å². The number of nitrogens with zero attached hydrogens (tertiary/aromatic N) is 2. The van der Waals surface area contributed by atoms with Crippen LogP contribution in [0, 0.1) is 0 Å². The Hall–Kier alpha value is -2.73. The molecule has 5 nitrogen and oxygen atoms in total. The molecule has 3 aromatic rings. The van der Waals surface area contributed by atoms with Crippen LogP contribution in [-0.2, 0) is 0 Å². The van der Waals surface area contributed by atoms with Gasteiger partial charge in [-0.3, -0.25) is 4.98 Å².